The summed E-state index contributed by atoms with van der Waals surface area (Å²) in [5, 5.41) is 12.3. The number of morpholine rings is 1. The number of nitrogens with one attached hydrogen (secondary N) is 1. The van der Waals surface area contributed by atoms with Crippen LogP contribution in [0.3, 0.4) is 0 Å². The summed E-state index contributed by atoms with van der Waals surface area (Å²) in [6.07, 6.45) is 6.03. The van der Waals surface area contributed by atoms with E-state index in [0.717, 1.165) is 32.1 Å². The first-order valence-electron chi connectivity index (χ1n) is 12.3. The number of nitrogens with two attached hydrogens (primary N) is 1. The summed E-state index contributed by atoms with van der Waals surface area (Å²) in [5.41, 5.74) is 5.52. The van der Waals surface area contributed by atoms with Crippen LogP contribution in [-0.2, 0) is 9.53 Å². The van der Waals surface area contributed by atoms with Crippen molar-refractivity contribution in [1.82, 2.24) is 14.9 Å². The van der Waals surface area contributed by atoms with Crippen LogP contribution in [0.25, 0.3) is 5.70 Å². The number of amides is 1. The summed E-state index contributed by atoms with van der Waals surface area (Å²) < 4.78 is 20.2. The van der Waals surface area contributed by atoms with Crippen molar-refractivity contribution in [3.8, 4) is 6.07 Å². The van der Waals surface area contributed by atoms with Gasteiger partial charge in [-0.2, -0.15) is 5.26 Å². The maximum Gasteiger partial charge on any atom is 0.239 e. The van der Waals surface area contributed by atoms with Crippen LogP contribution in [0.4, 0.5) is 21.7 Å². The van der Waals surface area contributed by atoms with Crippen molar-refractivity contribution in [3.63, 3.8) is 0 Å². The Balaban J connectivity index is 0.00000195. The zero-order valence-corrected chi connectivity index (χ0v) is 21.4. The molecule has 0 bridgehead atoms. The predicted molar refractivity (Wildman–Crippen MR) is 146 cm³/mol. The molecule has 200 valence electrons. The van der Waals surface area contributed by atoms with E-state index in [1.165, 1.54) is 19.4 Å². The predicted octanol–water partition coefficient (Wildman–Crippen LogP) is 2.54. The lowest BCUT2D eigenvalue weighted by atomic mass is 10.1. The van der Waals surface area contributed by atoms with Crippen LogP contribution in [0.15, 0.2) is 46.4 Å². The number of anilines is 2. The molecule has 0 unspecified atom stereocenters. The number of carbonyl (C=O) groups is 1. The number of aliphatic imine (C=N–C) groups is 2. The normalized spacial score (nSPS) is 16.3. The van der Waals surface area contributed by atoms with Gasteiger partial charge in [0.05, 0.1) is 43.4 Å². The maximum absolute atomic E-state index is 14.9. The average molecular weight is 522 g/mol. The summed E-state index contributed by atoms with van der Waals surface area (Å²) in [6.45, 7) is 8.07. The van der Waals surface area contributed by atoms with Crippen molar-refractivity contribution < 1.29 is 13.9 Å². The highest BCUT2D eigenvalue weighted by molar-refractivity contribution is 5.92. The van der Waals surface area contributed by atoms with Crippen LogP contribution in [0, 0.1) is 11.3 Å². The first-order valence-corrected chi connectivity index (χ1v) is 12.3. The van der Waals surface area contributed by atoms with Gasteiger partial charge in [0.15, 0.2) is 5.83 Å². The Morgan fingerprint density at radius 3 is 2.61 bits per heavy atom. The molecule has 4 heterocycles. The minimum absolute atomic E-state index is 0.0596. The molecule has 0 aliphatic carbocycles. The maximum atomic E-state index is 14.9. The van der Waals surface area contributed by atoms with Crippen LogP contribution in [0.1, 0.15) is 24.0 Å². The standard InChI is InChI=1S/C25H27FN8O2.CH5N/c1-28-24(19-12-18(13-27)25(31-14-19)34-6-2-3-7-34)21(26)16-29-20-4-5-22(30-15-20)32-23(35)17-33-8-10-36-11-9-33;1-2/h4-5,12,14-16H,1-3,6-11,17H2,(H,30,32,35);2H2,1H3/b24-21+,29-16?;. The Morgan fingerprint density at radius 2 is 1.97 bits per heavy atom. The Kier molecular flexibility index (Phi) is 11.0. The van der Waals surface area contributed by atoms with E-state index in [1.807, 2.05) is 9.80 Å². The number of ether oxygens (including phenoxy) is 1. The summed E-state index contributed by atoms with van der Waals surface area (Å²) in [7, 11) is 1.50. The van der Waals surface area contributed by atoms with E-state index < -0.39 is 5.83 Å². The van der Waals surface area contributed by atoms with Gasteiger partial charge in [-0.25, -0.2) is 14.4 Å². The molecular formula is C26H32FN9O2. The van der Waals surface area contributed by atoms with E-state index in [-0.39, 0.29) is 18.1 Å². The second-order valence-electron chi connectivity index (χ2n) is 8.35. The number of hydrogen-bond acceptors (Lipinski definition) is 10. The van der Waals surface area contributed by atoms with Crippen molar-refractivity contribution >= 4 is 41.9 Å². The highest BCUT2D eigenvalue weighted by Crippen LogP contribution is 2.27. The van der Waals surface area contributed by atoms with Gasteiger partial charge >= 0.3 is 0 Å². The molecule has 38 heavy (non-hydrogen) atoms. The molecule has 1 amide bonds. The molecule has 2 aliphatic rings. The fourth-order valence-corrected chi connectivity index (χ4v) is 4.03. The van der Waals surface area contributed by atoms with Gasteiger partial charge < -0.3 is 20.7 Å². The van der Waals surface area contributed by atoms with Crippen molar-refractivity contribution in [1.29, 1.82) is 5.26 Å². The molecule has 0 saturated carbocycles. The molecule has 4 rings (SSSR count). The number of rotatable bonds is 8. The van der Waals surface area contributed by atoms with E-state index in [9.17, 15) is 14.4 Å². The molecule has 12 heteroatoms. The molecule has 2 aromatic rings. The highest BCUT2D eigenvalue weighted by Gasteiger charge is 2.19. The van der Waals surface area contributed by atoms with Gasteiger partial charge in [0.1, 0.15) is 23.4 Å². The highest BCUT2D eigenvalue weighted by atomic mass is 19.1. The molecule has 2 aromatic heterocycles. The van der Waals surface area contributed by atoms with Crippen LogP contribution < -0.4 is 16.0 Å². The van der Waals surface area contributed by atoms with Crippen molar-refractivity contribution in [2.45, 2.75) is 12.8 Å². The Hall–Kier alpha value is -4.05. The molecule has 11 nitrogen and oxygen atoms in total. The number of aromatic nitrogens is 2. The monoisotopic (exact) mass is 521 g/mol. The number of allylic oxidation sites excluding steroid dienone is 1. The Morgan fingerprint density at radius 1 is 1.24 bits per heavy atom. The summed E-state index contributed by atoms with van der Waals surface area (Å²) in [4.78, 5) is 32.7. The van der Waals surface area contributed by atoms with Gasteiger partial charge in [0.25, 0.3) is 0 Å². The molecule has 2 fully saturated rings. The van der Waals surface area contributed by atoms with E-state index in [1.54, 1.807) is 18.2 Å². The summed E-state index contributed by atoms with van der Waals surface area (Å²) in [5.74, 6) is 0.0780. The quantitative estimate of drug-likeness (QED) is 0.504. The second kappa shape index (κ2) is 14.6. The number of hydrogen-bond donors (Lipinski definition) is 2. The van der Waals surface area contributed by atoms with Gasteiger partial charge in [0, 0.05) is 37.9 Å². The Bertz CT molecular complexity index is 1200. The van der Waals surface area contributed by atoms with Gasteiger partial charge in [0.2, 0.25) is 5.91 Å². The van der Waals surface area contributed by atoms with Crippen molar-refractivity contribution in [2.75, 3.05) is 63.2 Å². The Labute approximate surface area is 221 Å². The minimum atomic E-state index is -0.729. The third-order valence-electron chi connectivity index (χ3n) is 5.86. The number of carbonyl (C=O) groups excluding carboxylic acids is 1. The molecule has 0 atom stereocenters. The van der Waals surface area contributed by atoms with E-state index in [4.69, 9.17) is 4.74 Å². The molecule has 2 saturated heterocycles. The summed E-state index contributed by atoms with van der Waals surface area (Å²) in [6, 6.07) is 6.91. The topological polar surface area (TPSA) is 145 Å². The smallest absolute Gasteiger partial charge is 0.239 e. The zero-order valence-electron chi connectivity index (χ0n) is 21.4. The van der Waals surface area contributed by atoms with Crippen LogP contribution in [0.5, 0.6) is 0 Å². The summed E-state index contributed by atoms with van der Waals surface area (Å²) >= 11 is 0. The molecule has 3 N–H and O–H groups in total. The van der Waals surface area contributed by atoms with Crippen molar-refractivity contribution in [3.05, 3.63) is 47.5 Å². The third kappa shape index (κ3) is 7.72. The van der Waals surface area contributed by atoms with Crippen molar-refractivity contribution in [2.24, 2.45) is 15.7 Å². The van der Waals surface area contributed by atoms with Gasteiger partial charge in [-0.1, -0.05) is 0 Å². The third-order valence-corrected chi connectivity index (χ3v) is 5.86. The molecule has 2 aliphatic heterocycles. The lowest BCUT2D eigenvalue weighted by Gasteiger charge is -2.25. The average Bonchev–Trinajstić information content (AvgIpc) is 3.49. The van der Waals surface area contributed by atoms with Crippen LogP contribution >= 0.6 is 0 Å². The van der Waals surface area contributed by atoms with Crippen LogP contribution in [-0.4, -0.2) is 86.7 Å². The van der Waals surface area contributed by atoms with Crippen LogP contribution in [0.2, 0.25) is 0 Å². The van der Waals surface area contributed by atoms with Gasteiger partial charge in [-0.15, -0.1) is 0 Å². The van der Waals surface area contributed by atoms with E-state index in [2.05, 4.69) is 43.8 Å². The minimum Gasteiger partial charge on any atom is -0.379 e. The first kappa shape index (κ1) is 28.5. The second-order valence-corrected chi connectivity index (χ2v) is 8.35. The SMILES string of the molecule is C=N/C(=C(/F)C=Nc1ccc(NC(=O)CN2CCOCC2)nc1)c1cnc(N2CCCC2)c(C#N)c1.CN. The fraction of sp³-hybridized carbons (Fsp3) is 0.385. The zero-order chi connectivity index (χ0) is 27.3. The van der Waals surface area contributed by atoms with E-state index >= 15 is 0 Å². The molecule has 0 aromatic carbocycles. The molecule has 0 radical (unpaired) electrons. The molecular weight excluding hydrogens is 489 g/mol. The lowest BCUT2D eigenvalue weighted by molar-refractivity contribution is -0.118. The lowest BCUT2D eigenvalue weighted by Crippen LogP contribution is -2.41. The van der Waals surface area contributed by atoms with Gasteiger partial charge in [-0.05, 0) is 44.8 Å². The fourth-order valence-electron chi connectivity index (χ4n) is 4.03. The number of pyridine rings is 2. The molecule has 0 spiro atoms. The number of nitrogens with zero attached hydrogens (tertiary/aromatic N) is 7. The largest absolute Gasteiger partial charge is 0.379 e. The number of halogens is 1. The number of nitriles is 1. The van der Waals surface area contributed by atoms with E-state index in [0.29, 0.717) is 54.8 Å². The van der Waals surface area contributed by atoms with Gasteiger partial charge in [-0.3, -0.25) is 19.7 Å². The first-order chi connectivity index (χ1) is 18.6.